The molecule has 0 spiro atoms. The molecule has 0 aromatic heterocycles. The Morgan fingerprint density at radius 1 is 1.17 bits per heavy atom. The third-order valence-electron chi connectivity index (χ3n) is 3.96. The normalized spacial score (nSPS) is 12.2. The van der Waals surface area contributed by atoms with Crippen molar-refractivity contribution in [3.8, 4) is 0 Å². The molecule has 0 aliphatic rings. The molecule has 0 bridgehead atoms. The van der Waals surface area contributed by atoms with Gasteiger partial charge in [0.05, 0.1) is 28.1 Å². The Hall–Kier alpha value is -1.81. The van der Waals surface area contributed by atoms with Crippen LogP contribution in [0.25, 0.3) is 0 Å². The van der Waals surface area contributed by atoms with Gasteiger partial charge in [-0.3, -0.25) is 0 Å². The second-order valence-electron chi connectivity index (χ2n) is 6.21. The van der Waals surface area contributed by atoms with Crippen LogP contribution in [0.15, 0.2) is 57.9 Å². The molecule has 9 heteroatoms. The zero-order valence-electron chi connectivity index (χ0n) is 16.1. The van der Waals surface area contributed by atoms with Gasteiger partial charge >= 0.3 is 5.97 Å². The maximum absolute atomic E-state index is 12.7. The van der Waals surface area contributed by atoms with Crippen molar-refractivity contribution in [2.75, 3.05) is 11.9 Å². The summed E-state index contributed by atoms with van der Waals surface area (Å²) in [7, 11) is -3.74. The zero-order valence-corrected chi connectivity index (χ0v) is 19.4. The van der Waals surface area contributed by atoms with Crippen molar-refractivity contribution in [1.29, 1.82) is 0 Å². The van der Waals surface area contributed by atoms with E-state index in [9.17, 15) is 13.2 Å². The average Bonchev–Trinajstić information content (AvgIpc) is 2.68. The van der Waals surface area contributed by atoms with Crippen molar-refractivity contribution in [1.82, 2.24) is 4.72 Å². The van der Waals surface area contributed by atoms with Gasteiger partial charge < -0.3 is 10.1 Å². The Morgan fingerprint density at radius 3 is 2.48 bits per heavy atom. The first-order valence-corrected chi connectivity index (χ1v) is 11.8. The molecule has 2 rings (SSSR count). The van der Waals surface area contributed by atoms with E-state index >= 15 is 0 Å². The SMILES string of the molecule is CCCC(NS(=O)(=O)c1ccc(Br)cc1)C(=S)Nc1cccc(C(=O)OCC)c1. The van der Waals surface area contributed by atoms with Gasteiger partial charge in [-0.05, 0) is 55.8 Å². The van der Waals surface area contributed by atoms with Crippen LogP contribution in [0.1, 0.15) is 37.0 Å². The molecule has 0 aliphatic carbocycles. The average molecular weight is 499 g/mol. The summed E-state index contributed by atoms with van der Waals surface area (Å²) < 4.78 is 33.9. The van der Waals surface area contributed by atoms with Crippen molar-refractivity contribution >= 4 is 54.8 Å². The maximum atomic E-state index is 12.7. The van der Waals surface area contributed by atoms with E-state index < -0.39 is 22.0 Å². The predicted molar refractivity (Wildman–Crippen MR) is 122 cm³/mol. The lowest BCUT2D eigenvalue weighted by molar-refractivity contribution is 0.0526. The van der Waals surface area contributed by atoms with E-state index in [1.54, 1.807) is 43.3 Å². The molecule has 0 saturated carbocycles. The van der Waals surface area contributed by atoms with Crippen molar-refractivity contribution in [2.24, 2.45) is 0 Å². The molecule has 0 amide bonds. The summed E-state index contributed by atoms with van der Waals surface area (Å²) in [6, 6.07) is 12.5. The molecular formula is C20H23BrN2O4S2. The number of nitrogens with one attached hydrogen (secondary N) is 2. The Morgan fingerprint density at radius 2 is 1.86 bits per heavy atom. The van der Waals surface area contributed by atoms with Crippen LogP contribution in [0, 0.1) is 0 Å². The summed E-state index contributed by atoms with van der Waals surface area (Å²) in [6.45, 7) is 3.97. The highest BCUT2D eigenvalue weighted by atomic mass is 79.9. The highest BCUT2D eigenvalue weighted by molar-refractivity contribution is 9.10. The van der Waals surface area contributed by atoms with Gasteiger partial charge in [0, 0.05) is 10.2 Å². The van der Waals surface area contributed by atoms with Crippen molar-refractivity contribution in [3.63, 3.8) is 0 Å². The van der Waals surface area contributed by atoms with Crippen LogP contribution in [0.3, 0.4) is 0 Å². The first-order chi connectivity index (χ1) is 13.8. The first-order valence-electron chi connectivity index (χ1n) is 9.12. The third-order valence-corrected chi connectivity index (χ3v) is 6.36. The molecule has 1 unspecified atom stereocenters. The minimum absolute atomic E-state index is 0.161. The van der Waals surface area contributed by atoms with E-state index in [1.807, 2.05) is 6.92 Å². The second-order valence-corrected chi connectivity index (χ2v) is 9.28. The minimum Gasteiger partial charge on any atom is -0.462 e. The lowest BCUT2D eigenvalue weighted by Crippen LogP contribution is -2.42. The summed E-state index contributed by atoms with van der Waals surface area (Å²) in [6.07, 6.45) is 1.26. The van der Waals surface area contributed by atoms with Gasteiger partial charge in [0.1, 0.15) is 0 Å². The largest absolute Gasteiger partial charge is 0.462 e. The number of rotatable bonds is 9. The number of carbonyl (C=O) groups is 1. The molecule has 0 radical (unpaired) electrons. The molecule has 2 aromatic carbocycles. The number of carbonyl (C=O) groups excluding carboxylic acids is 1. The van der Waals surface area contributed by atoms with E-state index in [-0.39, 0.29) is 11.5 Å². The number of hydrogen-bond acceptors (Lipinski definition) is 5. The molecule has 0 aliphatic heterocycles. The molecule has 6 nitrogen and oxygen atoms in total. The number of thiocarbonyl (C=S) groups is 1. The lowest BCUT2D eigenvalue weighted by Gasteiger charge is -2.21. The second kappa shape index (κ2) is 10.8. The number of ether oxygens (including phenoxy) is 1. The number of halogens is 1. The summed E-state index contributed by atoms with van der Waals surface area (Å²) in [5, 5.41) is 3.04. The zero-order chi connectivity index (χ0) is 21.4. The third kappa shape index (κ3) is 6.88. The van der Waals surface area contributed by atoms with Gasteiger partial charge in [-0.25, -0.2) is 17.9 Å². The molecule has 2 aromatic rings. The van der Waals surface area contributed by atoms with Crippen molar-refractivity contribution < 1.29 is 17.9 Å². The van der Waals surface area contributed by atoms with Gasteiger partial charge in [0.15, 0.2) is 0 Å². The van der Waals surface area contributed by atoms with Crippen LogP contribution < -0.4 is 10.0 Å². The van der Waals surface area contributed by atoms with E-state index in [1.165, 1.54) is 12.1 Å². The van der Waals surface area contributed by atoms with E-state index in [4.69, 9.17) is 17.0 Å². The molecule has 1 atom stereocenters. The fourth-order valence-electron chi connectivity index (χ4n) is 2.57. The minimum atomic E-state index is -3.74. The number of sulfonamides is 1. The summed E-state index contributed by atoms with van der Waals surface area (Å²) in [5.41, 5.74) is 0.978. The predicted octanol–water partition coefficient (Wildman–Crippen LogP) is 4.51. The maximum Gasteiger partial charge on any atom is 0.338 e. The fourth-order valence-corrected chi connectivity index (χ4v) is 4.44. The molecule has 2 N–H and O–H groups in total. The number of hydrogen-bond donors (Lipinski definition) is 2. The Kier molecular flexibility index (Phi) is 8.76. The van der Waals surface area contributed by atoms with Crippen LogP contribution >= 0.6 is 28.1 Å². The Labute approximate surface area is 185 Å². The van der Waals surface area contributed by atoms with Gasteiger partial charge in [-0.1, -0.05) is 47.6 Å². The highest BCUT2D eigenvalue weighted by Gasteiger charge is 2.23. The number of esters is 1. The molecule has 156 valence electrons. The van der Waals surface area contributed by atoms with Crippen LogP contribution in [0.5, 0.6) is 0 Å². The Bertz CT molecular complexity index is 963. The molecule has 0 saturated heterocycles. The molecule has 29 heavy (non-hydrogen) atoms. The quantitative estimate of drug-likeness (QED) is 0.390. The number of anilines is 1. The van der Waals surface area contributed by atoms with E-state index in [2.05, 4.69) is 26.0 Å². The summed E-state index contributed by atoms with van der Waals surface area (Å²) in [5.74, 6) is -0.428. The smallest absolute Gasteiger partial charge is 0.338 e. The van der Waals surface area contributed by atoms with Crippen molar-refractivity contribution in [2.45, 2.75) is 37.6 Å². The molecular weight excluding hydrogens is 476 g/mol. The monoisotopic (exact) mass is 498 g/mol. The van der Waals surface area contributed by atoms with Crippen LogP contribution in [0.4, 0.5) is 5.69 Å². The highest BCUT2D eigenvalue weighted by Crippen LogP contribution is 2.17. The van der Waals surface area contributed by atoms with Crippen LogP contribution in [-0.2, 0) is 14.8 Å². The van der Waals surface area contributed by atoms with E-state index in [0.29, 0.717) is 22.7 Å². The summed E-state index contributed by atoms with van der Waals surface area (Å²) >= 11 is 8.76. The van der Waals surface area contributed by atoms with Gasteiger partial charge in [0.25, 0.3) is 0 Å². The number of benzene rings is 2. The molecule has 0 heterocycles. The first kappa shape index (κ1) is 23.5. The van der Waals surface area contributed by atoms with Crippen LogP contribution in [0.2, 0.25) is 0 Å². The standard InChI is InChI=1S/C20H23BrN2O4S2/c1-3-6-18(23-29(25,26)17-11-9-15(21)10-12-17)19(28)22-16-8-5-7-14(13-16)20(24)27-4-2/h5,7-13,18,23H,3-4,6H2,1-2H3,(H,22,28). The van der Waals surface area contributed by atoms with E-state index in [0.717, 1.165) is 10.9 Å². The lowest BCUT2D eigenvalue weighted by atomic mass is 10.1. The van der Waals surface area contributed by atoms with Crippen LogP contribution in [-0.4, -0.2) is 32.0 Å². The molecule has 0 fully saturated rings. The summed E-state index contributed by atoms with van der Waals surface area (Å²) in [4.78, 5) is 12.4. The Balaban J connectivity index is 2.16. The topological polar surface area (TPSA) is 84.5 Å². The van der Waals surface area contributed by atoms with Gasteiger partial charge in [-0.2, -0.15) is 0 Å². The van der Waals surface area contributed by atoms with Gasteiger partial charge in [0.2, 0.25) is 10.0 Å². The fraction of sp³-hybridized carbons (Fsp3) is 0.300. The van der Waals surface area contributed by atoms with Gasteiger partial charge in [-0.15, -0.1) is 0 Å². The van der Waals surface area contributed by atoms with Crippen molar-refractivity contribution in [3.05, 3.63) is 58.6 Å².